The summed E-state index contributed by atoms with van der Waals surface area (Å²) in [5.41, 5.74) is 5.34. The van der Waals surface area contributed by atoms with Crippen molar-refractivity contribution in [2.45, 2.75) is 57.4 Å². The van der Waals surface area contributed by atoms with Gasteiger partial charge in [0.15, 0.2) is 0 Å². The number of rotatable bonds is 5. The van der Waals surface area contributed by atoms with Crippen molar-refractivity contribution in [1.29, 1.82) is 0 Å². The summed E-state index contributed by atoms with van der Waals surface area (Å²) in [6.07, 6.45) is 3.42. The summed E-state index contributed by atoms with van der Waals surface area (Å²) in [5, 5.41) is 4.56. The van der Waals surface area contributed by atoms with Gasteiger partial charge in [-0.3, -0.25) is 16.0 Å². The van der Waals surface area contributed by atoms with Crippen LogP contribution < -0.4 is 11.3 Å². The Labute approximate surface area is 128 Å². The molecule has 0 amide bonds. The van der Waals surface area contributed by atoms with Gasteiger partial charge in [-0.1, -0.05) is 0 Å². The van der Waals surface area contributed by atoms with E-state index in [1.807, 2.05) is 18.7 Å². The number of hydrogen-bond acceptors (Lipinski definition) is 4. The first-order valence-corrected chi connectivity index (χ1v) is 8.61. The SMILES string of the molecule is CCn1nc(C)c(Br)c1CC(NN)C1(C)CCCS1. The maximum atomic E-state index is 5.83. The van der Waals surface area contributed by atoms with E-state index in [1.165, 1.54) is 24.3 Å². The van der Waals surface area contributed by atoms with Gasteiger partial charge in [-0.15, -0.1) is 0 Å². The van der Waals surface area contributed by atoms with Crippen LogP contribution in [0.3, 0.4) is 0 Å². The van der Waals surface area contributed by atoms with Crippen molar-refractivity contribution >= 4 is 27.7 Å². The molecule has 1 aliphatic rings. The molecule has 2 atom stereocenters. The van der Waals surface area contributed by atoms with Gasteiger partial charge in [-0.05, 0) is 55.3 Å². The number of nitrogens with two attached hydrogens (primary N) is 1. The minimum absolute atomic E-state index is 0.227. The number of halogens is 1. The number of nitrogens with one attached hydrogen (secondary N) is 1. The van der Waals surface area contributed by atoms with E-state index in [-0.39, 0.29) is 10.8 Å². The fourth-order valence-corrected chi connectivity index (χ4v) is 4.63. The van der Waals surface area contributed by atoms with Crippen LogP contribution in [0.4, 0.5) is 0 Å². The van der Waals surface area contributed by atoms with E-state index < -0.39 is 0 Å². The first-order valence-electron chi connectivity index (χ1n) is 6.83. The maximum absolute atomic E-state index is 5.83. The van der Waals surface area contributed by atoms with Crippen molar-refractivity contribution in [2.24, 2.45) is 5.84 Å². The van der Waals surface area contributed by atoms with Crippen LogP contribution in [0.15, 0.2) is 4.47 Å². The second kappa shape index (κ2) is 6.16. The molecule has 0 saturated carbocycles. The van der Waals surface area contributed by atoms with Gasteiger partial charge in [-0.25, -0.2) is 0 Å². The van der Waals surface area contributed by atoms with Crippen molar-refractivity contribution in [3.8, 4) is 0 Å². The van der Waals surface area contributed by atoms with Gasteiger partial charge in [0.25, 0.3) is 0 Å². The van der Waals surface area contributed by atoms with Gasteiger partial charge in [0.1, 0.15) is 0 Å². The van der Waals surface area contributed by atoms with Crippen LogP contribution in [0.25, 0.3) is 0 Å². The van der Waals surface area contributed by atoms with E-state index in [2.05, 4.69) is 45.0 Å². The molecule has 3 N–H and O–H groups in total. The Morgan fingerprint density at radius 2 is 2.37 bits per heavy atom. The molecule has 2 heterocycles. The minimum Gasteiger partial charge on any atom is -0.271 e. The second-order valence-corrected chi connectivity index (χ2v) is 7.77. The molecule has 1 aromatic heterocycles. The molecule has 0 aliphatic carbocycles. The third-order valence-electron chi connectivity index (χ3n) is 4.04. The van der Waals surface area contributed by atoms with Crippen LogP contribution in [0.2, 0.25) is 0 Å². The van der Waals surface area contributed by atoms with Crippen molar-refractivity contribution in [3.63, 3.8) is 0 Å². The number of aromatic nitrogens is 2. The predicted octanol–water partition coefficient (Wildman–Crippen LogP) is 2.63. The quantitative estimate of drug-likeness (QED) is 0.635. The Hall–Kier alpha value is -0.0400. The average Bonchev–Trinajstić information content (AvgIpc) is 2.94. The Morgan fingerprint density at radius 3 is 2.89 bits per heavy atom. The smallest absolute Gasteiger partial charge is 0.0738 e. The lowest BCUT2D eigenvalue weighted by atomic mass is 9.93. The Kier molecular flexibility index (Phi) is 4.98. The topological polar surface area (TPSA) is 55.9 Å². The Morgan fingerprint density at radius 1 is 1.63 bits per heavy atom. The summed E-state index contributed by atoms with van der Waals surface area (Å²) in [6, 6.07) is 0.276. The van der Waals surface area contributed by atoms with Gasteiger partial charge < -0.3 is 0 Å². The lowest BCUT2D eigenvalue weighted by Crippen LogP contribution is -2.50. The van der Waals surface area contributed by atoms with Crippen LogP contribution in [0, 0.1) is 6.92 Å². The zero-order chi connectivity index (χ0) is 14.0. The summed E-state index contributed by atoms with van der Waals surface area (Å²) in [4.78, 5) is 0. The molecule has 0 bridgehead atoms. The van der Waals surface area contributed by atoms with Crippen molar-refractivity contribution in [2.75, 3.05) is 5.75 Å². The zero-order valence-corrected chi connectivity index (χ0v) is 14.3. The molecule has 1 saturated heterocycles. The molecule has 6 heteroatoms. The average molecular weight is 347 g/mol. The molecular weight excluding hydrogens is 324 g/mol. The first kappa shape index (κ1) is 15.4. The molecule has 0 radical (unpaired) electrons. The number of hydrogen-bond donors (Lipinski definition) is 2. The molecular formula is C13H23BrN4S. The number of aryl methyl sites for hydroxylation is 2. The van der Waals surface area contributed by atoms with Gasteiger partial charge in [-0.2, -0.15) is 16.9 Å². The van der Waals surface area contributed by atoms with E-state index in [4.69, 9.17) is 5.84 Å². The second-order valence-electron chi connectivity index (χ2n) is 5.35. The zero-order valence-electron chi connectivity index (χ0n) is 11.9. The van der Waals surface area contributed by atoms with Crippen LogP contribution in [0.5, 0.6) is 0 Å². The van der Waals surface area contributed by atoms with Crippen molar-refractivity contribution < 1.29 is 0 Å². The molecule has 2 unspecified atom stereocenters. The van der Waals surface area contributed by atoms with Gasteiger partial charge in [0.2, 0.25) is 0 Å². The van der Waals surface area contributed by atoms with E-state index in [1.54, 1.807) is 0 Å². The van der Waals surface area contributed by atoms with Crippen LogP contribution in [0.1, 0.15) is 38.1 Å². The summed E-state index contributed by atoms with van der Waals surface area (Å²) >= 11 is 5.70. The largest absolute Gasteiger partial charge is 0.271 e. The highest BCUT2D eigenvalue weighted by molar-refractivity contribution is 9.10. The Bertz CT molecular complexity index is 440. The van der Waals surface area contributed by atoms with Gasteiger partial charge in [0, 0.05) is 23.8 Å². The lowest BCUT2D eigenvalue weighted by Gasteiger charge is -2.33. The predicted molar refractivity (Wildman–Crippen MR) is 85.3 cm³/mol. The third kappa shape index (κ3) is 3.01. The van der Waals surface area contributed by atoms with Crippen LogP contribution >= 0.6 is 27.7 Å². The number of thioether (sulfide) groups is 1. The molecule has 1 aromatic rings. The molecule has 1 aliphatic heterocycles. The molecule has 19 heavy (non-hydrogen) atoms. The van der Waals surface area contributed by atoms with Crippen molar-refractivity contribution in [3.05, 3.63) is 15.9 Å². The highest BCUT2D eigenvalue weighted by atomic mass is 79.9. The molecule has 2 rings (SSSR count). The fraction of sp³-hybridized carbons (Fsp3) is 0.769. The lowest BCUT2D eigenvalue weighted by molar-refractivity contribution is 0.395. The van der Waals surface area contributed by atoms with Gasteiger partial charge in [0.05, 0.1) is 15.9 Å². The molecule has 0 aromatic carbocycles. The standard InChI is InChI=1S/C13H23BrN4S/c1-4-18-10(12(14)9(2)17-18)8-11(16-15)13(3)6-5-7-19-13/h11,16H,4-8,15H2,1-3H3. The molecule has 0 spiro atoms. The summed E-state index contributed by atoms with van der Waals surface area (Å²) in [6.45, 7) is 7.38. The summed E-state index contributed by atoms with van der Waals surface area (Å²) < 4.78 is 3.43. The van der Waals surface area contributed by atoms with E-state index in [0.717, 1.165) is 23.1 Å². The van der Waals surface area contributed by atoms with E-state index in [0.29, 0.717) is 0 Å². The normalized spacial score (nSPS) is 24.9. The van der Waals surface area contributed by atoms with Crippen LogP contribution in [-0.4, -0.2) is 26.3 Å². The van der Waals surface area contributed by atoms with E-state index >= 15 is 0 Å². The number of hydrazine groups is 1. The summed E-state index contributed by atoms with van der Waals surface area (Å²) in [5.74, 6) is 7.06. The van der Waals surface area contributed by atoms with Gasteiger partial charge >= 0.3 is 0 Å². The first-order chi connectivity index (χ1) is 9.01. The highest BCUT2D eigenvalue weighted by Crippen LogP contribution is 2.41. The molecule has 4 nitrogen and oxygen atoms in total. The molecule has 108 valence electrons. The van der Waals surface area contributed by atoms with Crippen molar-refractivity contribution in [1.82, 2.24) is 15.2 Å². The van der Waals surface area contributed by atoms with Crippen LogP contribution in [-0.2, 0) is 13.0 Å². The maximum Gasteiger partial charge on any atom is 0.0738 e. The third-order valence-corrected chi connectivity index (χ3v) is 6.71. The monoisotopic (exact) mass is 346 g/mol. The Balaban J connectivity index is 2.23. The number of nitrogens with zero attached hydrogens (tertiary/aromatic N) is 2. The molecule has 1 fully saturated rings. The fourth-order valence-electron chi connectivity index (χ4n) is 2.78. The minimum atomic E-state index is 0.227. The van der Waals surface area contributed by atoms with E-state index in [9.17, 15) is 0 Å². The summed E-state index contributed by atoms with van der Waals surface area (Å²) in [7, 11) is 0. The highest BCUT2D eigenvalue weighted by Gasteiger charge is 2.38.